The second-order valence-corrected chi connectivity index (χ2v) is 6.35. The Bertz CT molecular complexity index is 829. The monoisotopic (exact) mass is 322 g/mol. The van der Waals surface area contributed by atoms with E-state index in [2.05, 4.69) is 25.9 Å². The largest absolute Gasteiger partial charge is 0.356 e. The molecule has 0 aliphatic carbocycles. The topological polar surface area (TPSA) is 41.9 Å². The van der Waals surface area contributed by atoms with Crippen LogP contribution >= 0.6 is 0 Å². The molecule has 0 N–H and O–H groups in total. The Morgan fingerprint density at radius 3 is 2.79 bits per heavy atom. The molecule has 3 heterocycles. The predicted molar refractivity (Wildman–Crippen MR) is 92.4 cm³/mol. The van der Waals surface area contributed by atoms with Crippen molar-refractivity contribution in [2.24, 2.45) is 5.92 Å². The van der Waals surface area contributed by atoms with E-state index in [0.29, 0.717) is 5.92 Å². The van der Waals surface area contributed by atoms with E-state index in [-0.39, 0.29) is 5.82 Å². The lowest BCUT2D eigenvalue weighted by Gasteiger charge is -2.33. The van der Waals surface area contributed by atoms with Crippen molar-refractivity contribution < 1.29 is 4.39 Å². The van der Waals surface area contributed by atoms with Crippen molar-refractivity contribution in [3.05, 3.63) is 60.4 Å². The van der Waals surface area contributed by atoms with Crippen molar-refractivity contribution in [3.8, 4) is 0 Å². The molecule has 0 unspecified atom stereocenters. The molecule has 4 nitrogen and oxygen atoms in total. The van der Waals surface area contributed by atoms with Crippen molar-refractivity contribution in [1.29, 1.82) is 0 Å². The van der Waals surface area contributed by atoms with Crippen LogP contribution in [0.5, 0.6) is 0 Å². The molecule has 0 atom stereocenters. The average Bonchev–Trinajstić information content (AvgIpc) is 2.63. The van der Waals surface area contributed by atoms with Crippen molar-refractivity contribution in [1.82, 2.24) is 15.0 Å². The maximum absolute atomic E-state index is 13.6. The first kappa shape index (κ1) is 15.0. The molecule has 3 aromatic rings. The van der Waals surface area contributed by atoms with Gasteiger partial charge in [0, 0.05) is 30.9 Å². The lowest BCUT2D eigenvalue weighted by atomic mass is 9.90. The highest BCUT2D eigenvalue weighted by atomic mass is 19.1. The summed E-state index contributed by atoms with van der Waals surface area (Å²) in [6.07, 6.45) is 8.61. The van der Waals surface area contributed by atoms with E-state index in [9.17, 15) is 4.39 Å². The third-order valence-corrected chi connectivity index (χ3v) is 4.74. The number of rotatable bonds is 3. The van der Waals surface area contributed by atoms with Crippen LogP contribution in [0.4, 0.5) is 10.2 Å². The molecule has 0 radical (unpaired) electrons. The van der Waals surface area contributed by atoms with Crippen LogP contribution in [0.3, 0.4) is 0 Å². The minimum absolute atomic E-state index is 0.245. The van der Waals surface area contributed by atoms with Gasteiger partial charge in [-0.1, -0.05) is 6.07 Å². The molecule has 1 saturated heterocycles. The van der Waals surface area contributed by atoms with Crippen molar-refractivity contribution in [2.45, 2.75) is 19.3 Å². The van der Waals surface area contributed by atoms with Gasteiger partial charge in [0.15, 0.2) is 0 Å². The number of anilines is 1. The first-order chi connectivity index (χ1) is 11.8. The number of pyridine rings is 1. The Morgan fingerprint density at radius 1 is 1.12 bits per heavy atom. The van der Waals surface area contributed by atoms with E-state index in [1.807, 2.05) is 18.5 Å². The summed E-state index contributed by atoms with van der Waals surface area (Å²) in [5, 5.41) is 0.795. The summed E-state index contributed by atoms with van der Waals surface area (Å²) in [4.78, 5) is 15.1. The van der Waals surface area contributed by atoms with Crippen LogP contribution in [-0.2, 0) is 6.42 Å². The number of fused-ring (bicyclic) bond motifs is 1. The van der Waals surface area contributed by atoms with Gasteiger partial charge in [-0.3, -0.25) is 4.98 Å². The van der Waals surface area contributed by atoms with Gasteiger partial charge in [0.1, 0.15) is 18.0 Å². The van der Waals surface area contributed by atoms with Crippen LogP contribution in [0.1, 0.15) is 18.4 Å². The summed E-state index contributed by atoms with van der Waals surface area (Å²) in [6, 6.07) is 8.82. The summed E-state index contributed by atoms with van der Waals surface area (Å²) in [7, 11) is 0. The molecular weight excluding hydrogens is 303 g/mol. The number of hydrogen-bond donors (Lipinski definition) is 0. The quantitative estimate of drug-likeness (QED) is 0.738. The summed E-state index contributed by atoms with van der Waals surface area (Å²) in [5.74, 6) is 1.26. The minimum Gasteiger partial charge on any atom is -0.356 e. The van der Waals surface area contributed by atoms with Crippen molar-refractivity contribution in [3.63, 3.8) is 0 Å². The Balaban J connectivity index is 1.49. The van der Waals surface area contributed by atoms with Gasteiger partial charge in [-0.25, -0.2) is 14.4 Å². The summed E-state index contributed by atoms with van der Waals surface area (Å²) in [5.41, 5.74) is 2.09. The molecule has 1 fully saturated rings. The number of hydrogen-bond acceptors (Lipinski definition) is 4. The van der Waals surface area contributed by atoms with E-state index in [0.717, 1.165) is 49.1 Å². The molecule has 24 heavy (non-hydrogen) atoms. The Morgan fingerprint density at radius 2 is 2.00 bits per heavy atom. The molecule has 1 aliphatic rings. The van der Waals surface area contributed by atoms with Gasteiger partial charge in [0.05, 0.1) is 5.52 Å². The van der Waals surface area contributed by atoms with Gasteiger partial charge >= 0.3 is 0 Å². The molecule has 0 amide bonds. The maximum Gasteiger partial charge on any atom is 0.139 e. The van der Waals surface area contributed by atoms with Crippen molar-refractivity contribution >= 4 is 16.7 Å². The molecule has 1 aliphatic heterocycles. The first-order valence-electron chi connectivity index (χ1n) is 8.34. The number of halogens is 1. The molecule has 0 saturated carbocycles. The average molecular weight is 322 g/mol. The van der Waals surface area contributed by atoms with Gasteiger partial charge in [-0.2, -0.15) is 0 Å². The van der Waals surface area contributed by atoms with Crippen LogP contribution in [-0.4, -0.2) is 28.0 Å². The zero-order valence-corrected chi connectivity index (χ0v) is 13.4. The zero-order chi connectivity index (χ0) is 16.4. The second-order valence-electron chi connectivity index (χ2n) is 6.35. The van der Waals surface area contributed by atoms with Crippen LogP contribution in [0.15, 0.2) is 49.1 Å². The number of nitrogens with zero attached hydrogens (tertiary/aromatic N) is 4. The molecule has 0 spiro atoms. The van der Waals surface area contributed by atoms with Gasteiger partial charge in [-0.15, -0.1) is 0 Å². The van der Waals surface area contributed by atoms with Gasteiger partial charge in [0.2, 0.25) is 0 Å². The molecule has 5 heteroatoms. The Hall–Kier alpha value is -2.56. The van der Waals surface area contributed by atoms with Crippen LogP contribution in [0.25, 0.3) is 10.9 Å². The molecular formula is C19H19FN4. The Labute approximate surface area is 140 Å². The van der Waals surface area contributed by atoms with E-state index >= 15 is 0 Å². The molecule has 2 aromatic heterocycles. The van der Waals surface area contributed by atoms with Crippen molar-refractivity contribution in [2.75, 3.05) is 18.0 Å². The smallest absolute Gasteiger partial charge is 0.139 e. The van der Waals surface area contributed by atoms with E-state index in [1.54, 1.807) is 12.4 Å². The SMILES string of the molecule is Fc1ccc2ncnc(N3CCC(Cc4cccnc4)CC3)c2c1. The highest BCUT2D eigenvalue weighted by Crippen LogP contribution is 2.29. The fourth-order valence-corrected chi connectivity index (χ4v) is 3.47. The zero-order valence-electron chi connectivity index (χ0n) is 13.4. The lowest BCUT2D eigenvalue weighted by molar-refractivity contribution is 0.402. The van der Waals surface area contributed by atoms with Gasteiger partial charge in [-0.05, 0) is 55.0 Å². The number of aromatic nitrogens is 3. The standard InChI is InChI=1S/C19H19FN4/c20-16-3-4-18-17(11-16)19(23-13-22-18)24-8-5-14(6-9-24)10-15-2-1-7-21-12-15/h1-4,7,11-14H,5-6,8-10H2. The van der Waals surface area contributed by atoms with E-state index < -0.39 is 0 Å². The maximum atomic E-state index is 13.6. The normalized spacial score (nSPS) is 15.8. The Kier molecular flexibility index (Phi) is 4.07. The van der Waals surface area contributed by atoms with Gasteiger partial charge < -0.3 is 4.90 Å². The molecule has 1 aromatic carbocycles. The fourth-order valence-electron chi connectivity index (χ4n) is 3.47. The van der Waals surface area contributed by atoms with E-state index in [1.165, 1.54) is 17.7 Å². The third-order valence-electron chi connectivity index (χ3n) is 4.74. The second kappa shape index (κ2) is 6.51. The number of piperidine rings is 1. The summed E-state index contributed by atoms with van der Waals surface area (Å²) < 4.78 is 13.6. The van der Waals surface area contributed by atoms with Crippen LogP contribution < -0.4 is 4.90 Å². The lowest BCUT2D eigenvalue weighted by Crippen LogP contribution is -2.35. The highest BCUT2D eigenvalue weighted by Gasteiger charge is 2.22. The molecule has 122 valence electrons. The minimum atomic E-state index is -0.245. The number of benzene rings is 1. The van der Waals surface area contributed by atoms with Crippen LogP contribution in [0.2, 0.25) is 0 Å². The summed E-state index contributed by atoms with van der Waals surface area (Å²) in [6.45, 7) is 1.88. The summed E-state index contributed by atoms with van der Waals surface area (Å²) >= 11 is 0. The molecule has 0 bridgehead atoms. The first-order valence-corrected chi connectivity index (χ1v) is 8.34. The van der Waals surface area contributed by atoms with E-state index in [4.69, 9.17) is 0 Å². The highest BCUT2D eigenvalue weighted by molar-refractivity contribution is 5.89. The fraction of sp³-hybridized carbons (Fsp3) is 0.316. The third kappa shape index (κ3) is 3.07. The van der Waals surface area contributed by atoms with Gasteiger partial charge in [0.25, 0.3) is 0 Å². The van der Waals surface area contributed by atoms with Crippen LogP contribution in [0, 0.1) is 11.7 Å². The predicted octanol–water partition coefficient (Wildman–Crippen LogP) is 3.62. The molecule has 4 rings (SSSR count).